The number of rotatable bonds is 6. The molecule has 0 heterocycles. The van der Waals surface area contributed by atoms with Crippen LogP contribution in [0.25, 0.3) is 0 Å². The van der Waals surface area contributed by atoms with Gasteiger partial charge in [-0.25, -0.2) is 0 Å². The van der Waals surface area contributed by atoms with Crippen LogP contribution in [0.5, 0.6) is 5.75 Å². The normalized spacial score (nSPS) is 11.4. The van der Waals surface area contributed by atoms with Crippen molar-refractivity contribution >= 4 is 11.4 Å². The molecule has 0 amide bonds. The van der Waals surface area contributed by atoms with Crippen molar-refractivity contribution in [3.63, 3.8) is 0 Å². The van der Waals surface area contributed by atoms with Crippen LogP contribution in [0.15, 0.2) is 18.2 Å². The number of nitrogens with one attached hydrogen (secondary N) is 1. The summed E-state index contributed by atoms with van der Waals surface area (Å²) in [5.74, 6) is 2.79. The zero-order valence-corrected chi connectivity index (χ0v) is 10.5. The predicted octanol–water partition coefficient (Wildman–Crippen LogP) is 2.82. The van der Waals surface area contributed by atoms with Crippen LogP contribution < -0.4 is 10.1 Å². The van der Waals surface area contributed by atoms with Gasteiger partial charge in [0.15, 0.2) is 5.75 Å². The van der Waals surface area contributed by atoms with Gasteiger partial charge in [-0.3, -0.25) is 10.1 Å². The smallest absolute Gasteiger partial charge is 0.333 e. The maximum atomic E-state index is 11.1. The fourth-order valence-electron chi connectivity index (χ4n) is 1.55. The second-order valence-electron chi connectivity index (χ2n) is 3.61. The lowest BCUT2D eigenvalue weighted by molar-refractivity contribution is -0.384. The number of benzene rings is 1. The summed E-state index contributed by atoms with van der Waals surface area (Å²) in [7, 11) is 0. The van der Waals surface area contributed by atoms with Gasteiger partial charge in [-0.2, -0.15) is 0 Å². The van der Waals surface area contributed by atoms with E-state index in [1.165, 1.54) is 0 Å². The number of hydrogen-bond acceptors (Lipinski definition) is 4. The standard InChI is InChI=1S/C13H16N2O3/c1-4-10(5-2)14-11-8-7-9-12(18-6-3)13(11)15(16)17/h1,7-10,14H,5-6H2,2-3H3. The van der Waals surface area contributed by atoms with Crippen molar-refractivity contribution in [3.05, 3.63) is 28.3 Å². The summed E-state index contributed by atoms with van der Waals surface area (Å²) in [4.78, 5) is 10.6. The van der Waals surface area contributed by atoms with E-state index in [-0.39, 0.29) is 17.5 Å². The molecule has 1 N–H and O–H groups in total. The molecule has 18 heavy (non-hydrogen) atoms. The van der Waals surface area contributed by atoms with E-state index in [0.717, 1.165) is 0 Å². The van der Waals surface area contributed by atoms with E-state index in [2.05, 4.69) is 11.2 Å². The summed E-state index contributed by atoms with van der Waals surface area (Å²) < 4.78 is 5.25. The van der Waals surface area contributed by atoms with Gasteiger partial charge in [0.2, 0.25) is 0 Å². The molecule has 5 heteroatoms. The van der Waals surface area contributed by atoms with E-state index < -0.39 is 4.92 Å². The quantitative estimate of drug-likeness (QED) is 0.477. The van der Waals surface area contributed by atoms with E-state index in [0.29, 0.717) is 18.7 Å². The summed E-state index contributed by atoms with van der Waals surface area (Å²) in [6, 6.07) is 4.66. The first kappa shape index (κ1) is 13.8. The fourth-order valence-corrected chi connectivity index (χ4v) is 1.55. The van der Waals surface area contributed by atoms with Crippen LogP contribution >= 0.6 is 0 Å². The van der Waals surface area contributed by atoms with Crippen molar-refractivity contribution < 1.29 is 9.66 Å². The van der Waals surface area contributed by atoms with Crippen LogP contribution in [0.2, 0.25) is 0 Å². The number of nitro groups is 1. The Hall–Kier alpha value is -2.22. The third-order valence-electron chi connectivity index (χ3n) is 2.42. The molecular weight excluding hydrogens is 232 g/mol. The number of nitro benzene ring substituents is 1. The van der Waals surface area contributed by atoms with Crippen LogP contribution in [0.3, 0.4) is 0 Å². The Kier molecular flexibility index (Phi) is 5.00. The Bertz CT molecular complexity index is 466. The van der Waals surface area contributed by atoms with Crippen molar-refractivity contribution in [3.8, 4) is 18.1 Å². The minimum atomic E-state index is -0.462. The third-order valence-corrected chi connectivity index (χ3v) is 2.42. The lowest BCUT2D eigenvalue weighted by Crippen LogP contribution is -2.16. The van der Waals surface area contributed by atoms with E-state index in [1.807, 2.05) is 6.92 Å². The number of hydrogen-bond donors (Lipinski definition) is 1. The van der Waals surface area contributed by atoms with Crippen LogP contribution in [0.1, 0.15) is 20.3 Å². The molecule has 0 aliphatic rings. The minimum Gasteiger partial charge on any atom is -0.487 e. The van der Waals surface area contributed by atoms with Crippen LogP contribution in [-0.2, 0) is 0 Å². The topological polar surface area (TPSA) is 64.4 Å². The SMILES string of the molecule is C#CC(CC)Nc1cccc(OCC)c1[N+](=O)[O-]. The lowest BCUT2D eigenvalue weighted by Gasteiger charge is -2.14. The summed E-state index contributed by atoms with van der Waals surface area (Å²) >= 11 is 0. The molecule has 1 rings (SSSR count). The second-order valence-corrected chi connectivity index (χ2v) is 3.61. The monoisotopic (exact) mass is 248 g/mol. The number of anilines is 1. The molecule has 0 radical (unpaired) electrons. The first-order valence-corrected chi connectivity index (χ1v) is 5.76. The first-order valence-electron chi connectivity index (χ1n) is 5.76. The van der Waals surface area contributed by atoms with E-state index >= 15 is 0 Å². The molecule has 0 aliphatic carbocycles. The molecule has 1 aromatic rings. The first-order chi connectivity index (χ1) is 8.63. The Labute approximate surface area is 106 Å². The van der Waals surface area contributed by atoms with Crippen molar-refractivity contribution in [1.82, 2.24) is 0 Å². The van der Waals surface area contributed by atoms with Gasteiger partial charge in [-0.1, -0.05) is 18.9 Å². The minimum absolute atomic E-state index is 0.0759. The van der Waals surface area contributed by atoms with Gasteiger partial charge in [0.05, 0.1) is 17.6 Å². The average molecular weight is 248 g/mol. The average Bonchev–Trinajstić information content (AvgIpc) is 2.36. The molecule has 0 spiro atoms. The zero-order valence-electron chi connectivity index (χ0n) is 10.5. The molecule has 0 saturated heterocycles. The predicted molar refractivity (Wildman–Crippen MR) is 70.8 cm³/mol. The van der Waals surface area contributed by atoms with E-state index in [4.69, 9.17) is 11.2 Å². The van der Waals surface area contributed by atoms with Crippen molar-refractivity contribution in [1.29, 1.82) is 0 Å². The summed E-state index contributed by atoms with van der Waals surface area (Å²) in [5.41, 5.74) is 0.309. The number of nitrogens with zero attached hydrogens (tertiary/aromatic N) is 1. The Balaban J connectivity index is 3.14. The molecule has 0 aliphatic heterocycles. The van der Waals surface area contributed by atoms with E-state index in [9.17, 15) is 10.1 Å². The van der Waals surface area contributed by atoms with Crippen LogP contribution in [0, 0.1) is 22.5 Å². The van der Waals surface area contributed by atoms with Crippen molar-refractivity contribution in [2.24, 2.45) is 0 Å². The summed E-state index contributed by atoms with van der Waals surface area (Å²) in [6.07, 6.45) is 6.03. The summed E-state index contributed by atoms with van der Waals surface area (Å²) in [5, 5.41) is 14.1. The molecule has 0 saturated carbocycles. The van der Waals surface area contributed by atoms with Gasteiger partial charge in [0.1, 0.15) is 5.69 Å². The molecule has 5 nitrogen and oxygen atoms in total. The third kappa shape index (κ3) is 3.14. The largest absolute Gasteiger partial charge is 0.487 e. The number of terminal acetylenes is 1. The molecule has 1 unspecified atom stereocenters. The second kappa shape index (κ2) is 6.50. The van der Waals surface area contributed by atoms with Gasteiger partial charge in [0.25, 0.3) is 0 Å². The van der Waals surface area contributed by atoms with Gasteiger partial charge in [-0.05, 0) is 25.5 Å². The fraction of sp³-hybridized carbons (Fsp3) is 0.385. The van der Waals surface area contributed by atoms with Crippen LogP contribution in [-0.4, -0.2) is 17.6 Å². The Morgan fingerprint density at radius 1 is 1.56 bits per heavy atom. The van der Waals surface area contributed by atoms with Gasteiger partial charge in [0, 0.05) is 0 Å². The highest BCUT2D eigenvalue weighted by Gasteiger charge is 2.21. The van der Waals surface area contributed by atoms with Gasteiger partial charge < -0.3 is 10.1 Å². The molecule has 0 fully saturated rings. The Morgan fingerprint density at radius 2 is 2.28 bits per heavy atom. The zero-order chi connectivity index (χ0) is 13.5. The summed E-state index contributed by atoms with van der Waals surface area (Å²) in [6.45, 7) is 4.06. The Morgan fingerprint density at radius 3 is 2.78 bits per heavy atom. The highest BCUT2D eigenvalue weighted by Crippen LogP contribution is 2.35. The maximum Gasteiger partial charge on any atom is 0.333 e. The molecule has 1 atom stereocenters. The molecule has 0 bridgehead atoms. The highest BCUT2D eigenvalue weighted by atomic mass is 16.6. The number of ether oxygens (including phenoxy) is 1. The lowest BCUT2D eigenvalue weighted by atomic mass is 10.2. The van der Waals surface area contributed by atoms with E-state index in [1.54, 1.807) is 25.1 Å². The van der Waals surface area contributed by atoms with Crippen LogP contribution in [0.4, 0.5) is 11.4 Å². The number of para-hydroxylation sites is 1. The molecule has 1 aromatic carbocycles. The molecular formula is C13H16N2O3. The van der Waals surface area contributed by atoms with Gasteiger partial charge in [-0.15, -0.1) is 6.42 Å². The maximum absolute atomic E-state index is 11.1. The highest BCUT2D eigenvalue weighted by molar-refractivity contribution is 5.69. The molecule has 0 aromatic heterocycles. The molecule has 96 valence electrons. The van der Waals surface area contributed by atoms with Crippen molar-refractivity contribution in [2.45, 2.75) is 26.3 Å². The van der Waals surface area contributed by atoms with Crippen molar-refractivity contribution in [2.75, 3.05) is 11.9 Å². The van der Waals surface area contributed by atoms with Gasteiger partial charge >= 0.3 is 5.69 Å².